The second-order valence-electron chi connectivity index (χ2n) is 3.86. The zero-order chi connectivity index (χ0) is 12.0. The molecular weight excluding hydrogens is 202 g/mol. The molecule has 0 heterocycles. The van der Waals surface area contributed by atoms with Gasteiger partial charge in [-0.3, -0.25) is 0 Å². The number of hydrogen-bond acceptors (Lipinski definition) is 3. The maximum absolute atomic E-state index is 11.8. The first-order valence-corrected chi connectivity index (χ1v) is 5.34. The number of nitrogens with zero attached hydrogens (tertiary/aromatic N) is 1. The summed E-state index contributed by atoms with van der Waals surface area (Å²) in [6.45, 7) is 0. The summed E-state index contributed by atoms with van der Waals surface area (Å²) in [5.41, 5.74) is -0.435. The molecule has 0 aromatic rings. The van der Waals surface area contributed by atoms with E-state index < -0.39 is 11.4 Å². The molecule has 0 N–H and O–H groups in total. The Morgan fingerprint density at radius 2 is 2.44 bits per heavy atom. The highest BCUT2D eigenvalue weighted by atomic mass is 16.5. The van der Waals surface area contributed by atoms with Crippen molar-refractivity contribution in [3.05, 3.63) is 11.6 Å². The van der Waals surface area contributed by atoms with Gasteiger partial charge in [-0.15, -0.1) is 12.3 Å². The van der Waals surface area contributed by atoms with E-state index in [1.807, 2.05) is 6.08 Å². The number of terminal acetylenes is 1. The predicted molar refractivity (Wildman–Crippen MR) is 60.1 cm³/mol. The van der Waals surface area contributed by atoms with E-state index in [0.717, 1.165) is 31.3 Å². The molecule has 3 nitrogen and oxygen atoms in total. The number of carbonyl (C=O) groups excluding carboxylic acids is 1. The Balaban J connectivity index is 3.12. The van der Waals surface area contributed by atoms with E-state index in [1.165, 1.54) is 7.11 Å². The van der Waals surface area contributed by atoms with Crippen molar-refractivity contribution in [2.45, 2.75) is 32.1 Å². The minimum atomic E-state index is -1.26. The van der Waals surface area contributed by atoms with Gasteiger partial charge in [0.1, 0.15) is 0 Å². The number of allylic oxidation sites excluding steroid dienone is 1. The van der Waals surface area contributed by atoms with Crippen LogP contribution in [-0.2, 0) is 9.53 Å². The summed E-state index contributed by atoms with van der Waals surface area (Å²) in [5, 5.41) is 9.27. The summed E-state index contributed by atoms with van der Waals surface area (Å²) in [6.07, 6.45) is 11.1. The highest BCUT2D eigenvalue weighted by Crippen LogP contribution is 2.37. The van der Waals surface area contributed by atoms with Gasteiger partial charge in [0.2, 0.25) is 0 Å². The number of rotatable bonds is 3. The van der Waals surface area contributed by atoms with Crippen molar-refractivity contribution in [3.8, 4) is 18.4 Å². The fourth-order valence-electron chi connectivity index (χ4n) is 2.03. The molecular formula is C13H15NO2. The molecule has 0 bridgehead atoms. The normalized spacial score (nSPS) is 18.6. The maximum Gasteiger partial charge on any atom is 0.331 e. The van der Waals surface area contributed by atoms with Gasteiger partial charge in [-0.05, 0) is 31.3 Å². The molecule has 0 fully saturated rings. The number of ether oxygens (including phenoxy) is 1. The standard InChI is InChI=1S/C13H15NO2/c1-3-9-13(10-14,12(15)16-2)11-7-5-4-6-8-11/h1,7H,4-6,8-9H2,2H3. The zero-order valence-corrected chi connectivity index (χ0v) is 9.45. The Kier molecular flexibility index (Phi) is 4.14. The van der Waals surface area contributed by atoms with Crippen LogP contribution in [0.4, 0.5) is 0 Å². The molecule has 1 atom stereocenters. The highest BCUT2D eigenvalue weighted by Gasteiger charge is 2.43. The van der Waals surface area contributed by atoms with Crippen LogP contribution in [0.1, 0.15) is 32.1 Å². The SMILES string of the molecule is C#CCC(C#N)(C(=O)OC)C1=CCCCC1. The molecule has 3 heteroatoms. The van der Waals surface area contributed by atoms with E-state index in [2.05, 4.69) is 12.0 Å². The van der Waals surface area contributed by atoms with Crippen LogP contribution in [0.5, 0.6) is 0 Å². The van der Waals surface area contributed by atoms with Gasteiger partial charge in [0.05, 0.1) is 13.2 Å². The number of esters is 1. The molecule has 0 spiro atoms. The first kappa shape index (κ1) is 12.3. The second-order valence-corrected chi connectivity index (χ2v) is 3.86. The van der Waals surface area contributed by atoms with E-state index in [4.69, 9.17) is 11.2 Å². The summed E-state index contributed by atoms with van der Waals surface area (Å²) in [6, 6.07) is 2.05. The molecule has 0 aliphatic heterocycles. The molecule has 84 valence electrons. The molecule has 0 amide bonds. The van der Waals surface area contributed by atoms with E-state index in [-0.39, 0.29) is 6.42 Å². The van der Waals surface area contributed by atoms with Crippen molar-refractivity contribution in [1.82, 2.24) is 0 Å². The summed E-state index contributed by atoms with van der Waals surface area (Å²) >= 11 is 0. The van der Waals surface area contributed by atoms with Gasteiger partial charge in [-0.1, -0.05) is 6.08 Å². The lowest BCUT2D eigenvalue weighted by molar-refractivity contribution is -0.147. The van der Waals surface area contributed by atoms with Crippen molar-refractivity contribution >= 4 is 5.97 Å². The van der Waals surface area contributed by atoms with E-state index in [9.17, 15) is 10.1 Å². The minimum absolute atomic E-state index is 0.0853. The molecule has 0 saturated carbocycles. The first-order chi connectivity index (χ1) is 7.71. The zero-order valence-electron chi connectivity index (χ0n) is 9.45. The van der Waals surface area contributed by atoms with Crippen LogP contribution < -0.4 is 0 Å². The Morgan fingerprint density at radius 3 is 2.88 bits per heavy atom. The predicted octanol–water partition coefficient (Wildman–Crippen LogP) is 2.19. The number of carbonyl (C=O) groups is 1. The Bertz CT molecular complexity index is 384. The van der Waals surface area contributed by atoms with Crippen molar-refractivity contribution in [2.24, 2.45) is 5.41 Å². The Hall–Kier alpha value is -1.74. The third-order valence-corrected chi connectivity index (χ3v) is 2.93. The highest BCUT2D eigenvalue weighted by molar-refractivity contribution is 5.84. The van der Waals surface area contributed by atoms with Crippen LogP contribution in [0.15, 0.2) is 11.6 Å². The monoisotopic (exact) mass is 217 g/mol. The van der Waals surface area contributed by atoms with Crippen LogP contribution in [0.2, 0.25) is 0 Å². The molecule has 16 heavy (non-hydrogen) atoms. The van der Waals surface area contributed by atoms with Crippen molar-refractivity contribution in [2.75, 3.05) is 7.11 Å². The third kappa shape index (κ3) is 2.09. The van der Waals surface area contributed by atoms with Gasteiger partial charge in [0.25, 0.3) is 0 Å². The summed E-state index contributed by atoms with van der Waals surface area (Å²) < 4.78 is 4.71. The molecule has 0 radical (unpaired) electrons. The lowest BCUT2D eigenvalue weighted by Crippen LogP contribution is -2.33. The average molecular weight is 217 g/mol. The van der Waals surface area contributed by atoms with Crippen LogP contribution in [0.3, 0.4) is 0 Å². The van der Waals surface area contributed by atoms with Crippen LogP contribution in [0, 0.1) is 29.1 Å². The molecule has 0 aromatic heterocycles. The Labute approximate surface area is 96.1 Å². The van der Waals surface area contributed by atoms with Gasteiger partial charge in [0, 0.05) is 6.42 Å². The molecule has 1 rings (SSSR count). The smallest absolute Gasteiger partial charge is 0.331 e. The van der Waals surface area contributed by atoms with E-state index >= 15 is 0 Å². The van der Waals surface area contributed by atoms with Crippen LogP contribution in [0.25, 0.3) is 0 Å². The lowest BCUT2D eigenvalue weighted by Gasteiger charge is -2.27. The average Bonchev–Trinajstić information content (AvgIpc) is 2.36. The first-order valence-electron chi connectivity index (χ1n) is 5.34. The second kappa shape index (κ2) is 5.37. The van der Waals surface area contributed by atoms with Gasteiger partial charge in [-0.25, -0.2) is 4.79 Å². The number of hydrogen-bond donors (Lipinski definition) is 0. The number of nitriles is 1. The molecule has 1 unspecified atom stereocenters. The molecule has 0 aromatic carbocycles. The van der Waals surface area contributed by atoms with Gasteiger partial charge < -0.3 is 4.74 Å². The summed E-state index contributed by atoms with van der Waals surface area (Å²) in [4.78, 5) is 11.8. The van der Waals surface area contributed by atoms with Gasteiger partial charge in [-0.2, -0.15) is 5.26 Å². The third-order valence-electron chi connectivity index (χ3n) is 2.93. The van der Waals surface area contributed by atoms with Gasteiger partial charge >= 0.3 is 5.97 Å². The van der Waals surface area contributed by atoms with Crippen molar-refractivity contribution < 1.29 is 9.53 Å². The van der Waals surface area contributed by atoms with Crippen molar-refractivity contribution in [3.63, 3.8) is 0 Å². The Morgan fingerprint density at radius 1 is 1.69 bits per heavy atom. The summed E-state index contributed by atoms with van der Waals surface area (Å²) in [7, 11) is 1.29. The topological polar surface area (TPSA) is 50.1 Å². The van der Waals surface area contributed by atoms with Crippen LogP contribution in [-0.4, -0.2) is 13.1 Å². The fourth-order valence-corrected chi connectivity index (χ4v) is 2.03. The minimum Gasteiger partial charge on any atom is -0.468 e. The number of methoxy groups -OCH3 is 1. The van der Waals surface area contributed by atoms with Crippen molar-refractivity contribution in [1.29, 1.82) is 5.26 Å². The molecule has 0 saturated heterocycles. The van der Waals surface area contributed by atoms with E-state index in [0.29, 0.717) is 0 Å². The van der Waals surface area contributed by atoms with Crippen LogP contribution >= 0.6 is 0 Å². The molecule has 1 aliphatic rings. The molecule has 1 aliphatic carbocycles. The summed E-state index contributed by atoms with van der Waals surface area (Å²) in [5.74, 6) is 1.87. The maximum atomic E-state index is 11.8. The van der Waals surface area contributed by atoms with E-state index in [1.54, 1.807) is 0 Å². The fraction of sp³-hybridized carbons (Fsp3) is 0.538. The quantitative estimate of drug-likeness (QED) is 0.413. The largest absolute Gasteiger partial charge is 0.468 e. The lowest BCUT2D eigenvalue weighted by atomic mass is 9.74. The van der Waals surface area contributed by atoms with Gasteiger partial charge in [0.15, 0.2) is 5.41 Å².